The fourth-order valence-corrected chi connectivity index (χ4v) is 1.87. The first-order chi connectivity index (χ1) is 9.04. The van der Waals surface area contributed by atoms with E-state index < -0.39 is 5.91 Å². The molecule has 3 heterocycles. The maximum absolute atomic E-state index is 11.9. The molecule has 96 valence electrons. The van der Waals surface area contributed by atoms with E-state index in [0.29, 0.717) is 17.4 Å². The number of furan rings is 1. The van der Waals surface area contributed by atoms with Crippen LogP contribution in [0.3, 0.4) is 0 Å². The number of amidine groups is 2. The third-order valence-electron chi connectivity index (χ3n) is 2.73. The Balaban J connectivity index is 2.00. The number of nitrogens with one attached hydrogen (secondary N) is 1. The first-order valence-electron chi connectivity index (χ1n) is 5.71. The SMILES string of the molecule is CC1=CC2=NC(=O)/C(=C/c3ccc(C)o3)C(=N)N2O1. The highest BCUT2D eigenvalue weighted by Crippen LogP contribution is 2.23. The number of hydroxylamine groups is 2. The molecule has 6 heteroatoms. The predicted octanol–water partition coefficient (Wildman–Crippen LogP) is 2.04. The molecule has 1 N–H and O–H groups in total. The van der Waals surface area contributed by atoms with Crippen LogP contribution in [0.1, 0.15) is 18.4 Å². The number of amides is 1. The molecule has 3 rings (SSSR count). The van der Waals surface area contributed by atoms with Gasteiger partial charge in [-0.2, -0.15) is 4.99 Å². The molecule has 1 amide bonds. The Morgan fingerprint density at radius 2 is 2.16 bits per heavy atom. The van der Waals surface area contributed by atoms with Crippen molar-refractivity contribution in [3.63, 3.8) is 0 Å². The van der Waals surface area contributed by atoms with Crippen LogP contribution in [0.15, 0.2) is 39.0 Å². The van der Waals surface area contributed by atoms with Crippen LogP contribution in [0.5, 0.6) is 0 Å². The monoisotopic (exact) mass is 257 g/mol. The molecule has 2 aliphatic rings. The summed E-state index contributed by atoms with van der Waals surface area (Å²) in [5.41, 5.74) is 0.140. The van der Waals surface area contributed by atoms with E-state index in [1.54, 1.807) is 25.1 Å². The summed E-state index contributed by atoms with van der Waals surface area (Å²) in [6, 6.07) is 3.52. The summed E-state index contributed by atoms with van der Waals surface area (Å²) in [6.45, 7) is 3.54. The van der Waals surface area contributed by atoms with Crippen LogP contribution >= 0.6 is 0 Å². The number of fused-ring (bicyclic) bond motifs is 1. The summed E-state index contributed by atoms with van der Waals surface area (Å²) < 4.78 is 5.37. The summed E-state index contributed by atoms with van der Waals surface area (Å²) in [5.74, 6) is 1.65. The molecule has 0 atom stereocenters. The number of hydrogen-bond donors (Lipinski definition) is 1. The van der Waals surface area contributed by atoms with Gasteiger partial charge < -0.3 is 9.25 Å². The summed E-state index contributed by atoms with van der Waals surface area (Å²) in [5, 5.41) is 9.23. The van der Waals surface area contributed by atoms with Crippen LogP contribution < -0.4 is 0 Å². The van der Waals surface area contributed by atoms with Gasteiger partial charge in [0.15, 0.2) is 11.7 Å². The molecule has 0 aliphatic carbocycles. The molecule has 0 aromatic carbocycles. The standard InChI is InChI=1S/C13H11N3O3/c1-7-3-4-9(18-7)6-10-12(14)16-11(15-13(10)17)5-8(2)19-16/h3-6,14H,1-2H3/b10-6+,14-12?. The lowest BCUT2D eigenvalue weighted by Crippen LogP contribution is -2.38. The second-order valence-corrected chi connectivity index (χ2v) is 4.27. The molecule has 6 nitrogen and oxygen atoms in total. The van der Waals surface area contributed by atoms with E-state index in [-0.39, 0.29) is 11.4 Å². The maximum atomic E-state index is 11.9. The Bertz CT molecular complexity index is 679. The minimum Gasteiger partial charge on any atom is -0.462 e. The normalized spacial score (nSPS) is 20.3. The second kappa shape index (κ2) is 3.94. The van der Waals surface area contributed by atoms with Gasteiger partial charge in [0, 0.05) is 6.08 Å². The fourth-order valence-electron chi connectivity index (χ4n) is 1.87. The zero-order valence-corrected chi connectivity index (χ0v) is 10.4. The largest absolute Gasteiger partial charge is 0.462 e. The highest BCUT2D eigenvalue weighted by atomic mass is 16.7. The van der Waals surface area contributed by atoms with Gasteiger partial charge in [0.25, 0.3) is 5.91 Å². The van der Waals surface area contributed by atoms with Crippen molar-refractivity contribution >= 4 is 23.7 Å². The molecular formula is C13H11N3O3. The number of nitrogens with zero attached hydrogens (tertiary/aromatic N) is 2. The van der Waals surface area contributed by atoms with Crippen molar-refractivity contribution in [1.29, 1.82) is 5.41 Å². The number of aryl methyl sites for hydroxylation is 1. The van der Waals surface area contributed by atoms with Crippen molar-refractivity contribution in [2.75, 3.05) is 0 Å². The zero-order valence-electron chi connectivity index (χ0n) is 10.4. The van der Waals surface area contributed by atoms with Crippen LogP contribution in [0.4, 0.5) is 0 Å². The average Bonchev–Trinajstić information content (AvgIpc) is 2.90. The topological polar surface area (TPSA) is 78.9 Å². The fraction of sp³-hybridized carbons (Fsp3) is 0.154. The Morgan fingerprint density at radius 1 is 1.37 bits per heavy atom. The van der Waals surface area contributed by atoms with E-state index in [0.717, 1.165) is 5.76 Å². The molecule has 0 saturated heterocycles. The Hall–Kier alpha value is -2.63. The van der Waals surface area contributed by atoms with Crippen molar-refractivity contribution in [3.05, 3.63) is 41.1 Å². The smallest absolute Gasteiger partial charge is 0.283 e. The van der Waals surface area contributed by atoms with E-state index >= 15 is 0 Å². The van der Waals surface area contributed by atoms with Gasteiger partial charge in [-0.15, -0.1) is 5.06 Å². The van der Waals surface area contributed by atoms with Crippen molar-refractivity contribution in [3.8, 4) is 0 Å². The van der Waals surface area contributed by atoms with Gasteiger partial charge in [0.05, 0.1) is 5.57 Å². The first-order valence-corrected chi connectivity index (χ1v) is 5.71. The summed E-state index contributed by atoms with van der Waals surface area (Å²) in [7, 11) is 0. The summed E-state index contributed by atoms with van der Waals surface area (Å²) in [6.07, 6.45) is 3.11. The number of rotatable bonds is 1. The highest BCUT2D eigenvalue weighted by molar-refractivity contribution is 6.32. The quantitative estimate of drug-likeness (QED) is 0.781. The van der Waals surface area contributed by atoms with Crippen LogP contribution in [0.25, 0.3) is 6.08 Å². The number of hydrogen-bond acceptors (Lipinski definition) is 4. The second-order valence-electron chi connectivity index (χ2n) is 4.27. The van der Waals surface area contributed by atoms with Crippen molar-refractivity contribution < 1.29 is 14.0 Å². The van der Waals surface area contributed by atoms with Gasteiger partial charge in [-0.05, 0) is 32.1 Å². The molecule has 19 heavy (non-hydrogen) atoms. The Kier molecular flexibility index (Phi) is 2.38. The van der Waals surface area contributed by atoms with E-state index in [1.165, 1.54) is 11.1 Å². The molecule has 1 aromatic rings. The number of allylic oxidation sites excluding steroid dienone is 1. The molecule has 1 aromatic heterocycles. The molecular weight excluding hydrogens is 246 g/mol. The first kappa shape index (κ1) is 11.5. The molecule has 0 saturated carbocycles. The predicted molar refractivity (Wildman–Crippen MR) is 68.3 cm³/mol. The van der Waals surface area contributed by atoms with Gasteiger partial charge in [0.1, 0.15) is 17.3 Å². The van der Waals surface area contributed by atoms with E-state index in [2.05, 4.69) is 4.99 Å². The lowest BCUT2D eigenvalue weighted by molar-refractivity contribution is -0.114. The molecule has 0 bridgehead atoms. The minimum atomic E-state index is -0.472. The number of aliphatic imine (C=N–C) groups is 1. The van der Waals surface area contributed by atoms with E-state index in [4.69, 9.17) is 14.7 Å². The van der Waals surface area contributed by atoms with E-state index in [1.807, 2.05) is 6.92 Å². The zero-order chi connectivity index (χ0) is 13.6. The average molecular weight is 257 g/mol. The van der Waals surface area contributed by atoms with Crippen LogP contribution in [0, 0.1) is 12.3 Å². The molecule has 2 aliphatic heterocycles. The van der Waals surface area contributed by atoms with Crippen LogP contribution in [0.2, 0.25) is 0 Å². The van der Waals surface area contributed by atoms with Crippen molar-refractivity contribution in [2.45, 2.75) is 13.8 Å². The summed E-state index contributed by atoms with van der Waals surface area (Å²) >= 11 is 0. The van der Waals surface area contributed by atoms with Gasteiger partial charge in [-0.1, -0.05) is 0 Å². The Labute approximate surface area is 109 Å². The molecule has 0 fully saturated rings. The lowest BCUT2D eigenvalue weighted by Gasteiger charge is -2.22. The third kappa shape index (κ3) is 1.87. The minimum absolute atomic E-state index is 0.0443. The number of carbonyl (C=O) groups is 1. The molecule has 0 spiro atoms. The van der Waals surface area contributed by atoms with Crippen molar-refractivity contribution in [1.82, 2.24) is 5.06 Å². The van der Waals surface area contributed by atoms with Gasteiger partial charge in [-0.3, -0.25) is 10.2 Å². The number of carbonyl (C=O) groups excluding carboxylic acids is 1. The summed E-state index contributed by atoms with van der Waals surface area (Å²) in [4.78, 5) is 21.1. The highest BCUT2D eigenvalue weighted by Gasteiger charge is 2.34. The van der Waals surface area contributed by atoms with E-state index in [9.17, 15) is 4.79 Å². The lowest BCUT2D eigenvalue weighted by atomic mass is 10.1. The third-order valence-corrected chi connectivity index (χ3v) is 2.73. The van der Waals surface area contributed by atoms with Crippen LogP contribution in [-0.4, -0.2) is 22.6 Å². The maximum Gasteiger partial charge on any atom is 0.283 e. The molecule has 0 radical (unpaired) electrons. The van der Waals surface area contributed by atoms with Gasteiger partial charge in [0.2, 0.25) is 0 Å². The van der Waals surface area contributed by atoms with Crippen LogP contribution in [-0.2, 0) is 9.63 Å². The Morgan fingerprint density at radius 3 is 2.84 bits per heavy atom. The molecule has 0 unspecified atom stereocenters. The van der Waals surface area contributed by atoms with Crippen molar-refractivity contribution in [2.24, 2.45) is 4.99 Å². The van der Waals surface area contributed by atoms with Gasteiger partial charge >= 0.3 is 0 Å². The van der Waals surface area contributed by atoms with Gasteiger partial charge in [-0.25, -0.2) is 0 Å².